The maximum Gasteiger partial charge on any atom is 0.0731 e. The van der Waals surface area contributed by atoms with Crippen LogP contribution in [-0.4, -0.2) is 0 Å². The Morgan fingerprint density at radius 2 is 0.860 bits per heavy atom. The lowest BCUT2D eigenvalue weighted by Crippen LogP contribution is -2.27. The molecule has 0 radical (unpaired) electrons. The molecular formula is C50H38. The Kier molecular flexibility index (Phi) is 7.19. The standard InChI is InChI=1S/C50H38/c1-4-38-39(5-2)47(37-29-23-33(3)24-30-37)49-48(46(38)36-31-27-35(28-32-36)26-25-34-15-7-6-8-16-34)42-19-11-14-22-45(42)50(49)43-20-12-9-17-40(43)41-18-10-13-21-44(41)50/h6-24,27-32H,4-5H2,1-3H3. The molecule has 50 heavy (non-hydrogen) atoms. The maximum absolute atomic E-state index is 3.41. The summed E-state index contributed by atoms with van der Waals surface area (Å²) >= 11 is 0. The van der Waals surface area contributed by atoms with E-state index in [0.29, 0.717) is 0 Å². The number of aryl methyl sites for hydroxylation is 1. The Labute approximate surface area is 296 Å². The molecule has 0 amide bonds. The Morgan fingerprint density at radius 1 is 0.420 bits per heavy atom. The lowest BCUT2D eigenvalue weighted by Gasteiger charge is -2.34. The molecule has 0 saturated carbocycles. The van der Waals surface area contributed by atoms with Gasteiger partial charge < -0.3 is 0 Å². The fourth-order valence-corrected chi connectivity index (χ4v) is 8.98. The van der Waals surface area contributed by atoms with Crippen LogP contribution < -0.4 is 0 Å². The first-order chi connectivity index (χ1) is 24.6. The van der Waals surface area contributed by atoms with Gasteiger partial charge in [-0.15, -0.1) is 0 Å². The molecule has 2 aliphatic rings. The topological polar surface area (TPSA) is 0 Å². The number of rotatable bonds is 4. The molecule has 7 aromatic rings. The summed E-state index contributed by atoms with van der Waals surface area (Å²) < 4.78 is 0. The highest BCUT2D eigenvalue weighted by atomic mass is 14.5. The molecule has 0 aliphatic heterocycles. The number of fused-ring (bicyclic) bond motifs is 10. The zero-order chi connectivity index (χ0) is 33.8. The van der Waals surface area contributed by atoms with Gasteiger partial charge in [-0.2, -0.15) is 0 Å². The van der Waals surface area contributed by atoms with Gasteiger partial charge in [-0.25, -0.2) is 0 Å². The molecule has 2 aliphatic carbocycles. The lowest BCUT2D eigenvalue weighted by atomic mass is 9.67. The molecule has 0 nitrogen and oxygen atoms in total. The van der Waals surface area contributed by atoms with Crippen LogP contribution in [0.5, 0.6) is 0 Å². The first-order valence-corrected chi connectivity index (χ1v) is 17.9. The van der Waals surface area contributed by atoms with Crippen molar-refractivity contribution in [2.45, 2.75) is 39.0 Å². The predicted octanol–water partition coefficient (Wildman–Crippen LogP) is 12.2. The van der Waals surface area contributed by atoms with Crippen LogP contribution in [0, 0.1) is 18.8 Å². The van der Waals surface area contributed by atoms with Gasteiger partial charge in [0.1, 0.15) is 0 Å². The zero-order valence-electron chi connectivity index (χ0n) is 28.8. The third-order valence-electron chi connectivity index (χ3n) is 11.0. The van der Waals surface area contributed by atoms with Gasteiger partial charge in [-0.3, -0.25) is 0 Å². The van der Waals surface area contributed by atoms with Crippen LogP contribution in [-0.2, 0) is 18.3 Å². The van der Waals surface area contributed by atoms with Gasteiger partial charge >= 0.3 is 0 Å². The summed E-state index contributed by atoms with van der Waals surface area (Å²) in [6.45, 7) is 6.86. The molecule has 9 rings (SSSR count). The van der Waals surface area contributed by atoms with Gasteiger partial charge in [0, 0.05) is 11.1 Å². The molecule has 0 atom stereocenters. The Balaban J connectivity index is 1.42. The predicted molar refractivity (Wildman–Crippen MR) is 210 cm³/mol. The highest BCUT2D eigenvalue weighted by Crippen LogP contribution is 2.66. The summed E-state index contributed by atoms with van der Waals surface area (Å²) in [5.74, 6) is 6.75. The minimum absolute atomic E-state index is 0.439. The third-order valence-corrected chi connectivity index (χ3v) is 11.0. The van der Waals surface area contributed by atoms with Crippen LogP contribution in [0.25, 0.3) is 44.5 Å². The molecule has 0 saturated heterocycles. The second-order valence-corrected chi connectivity index (χ2v) is 13.6. The van der Waals surface area contributed by atoms with Gasteiger partial charge in [0.15, 0.2) is 0 Å². The maximum atomic E-state index is 3.41. The van der Waals surface area contributed by atoms with Gasteiger partial charge in [0.2, 0.25) is 0 Å². The Morgan fingerprint density at radius 3 is 1.44 bits per heavy atom. The number of hydrogen-bond donors (Lipinski definition) is 0. The highest BCUT2D eigenvalue weighted by molar-refractivity contribution is 6.05. The summed E-state index contributed by atoms with van der Waals surface area (Å²) in [6, 6.07) is 56.0. The monoisotopic (exact) mass is 638 g/mol. The van der Waals surface area contributed by atoms with E-state index in [4.69, 9.17) is 0 Å². The van der Waals surface area contributed by atoms with E-state index in [1.165, 1.54) is 83.5 Å². The fraction of sp³-hybridized carbons (Fsp3) is 0.120. The first-order valence-electron chi connectivity index (χ1n) is 17.9. The summed E-state index contributed by atoms with van der Waals surface area (Å²) in [5.41, 5.74) is 22.0. The average Bonchev–Trinajstić information content (AvgIpc) is 3.65. The van der Waals surface area contributed by atoms with Crippen molar-refractivity contribution in [3.63, 3.8) is 0 Å². The molecule has 1 spiro atoms. The van der Waals surface area contributed by atoms with Gasteiger partial charge in [-0.1, -0.05) is 159 Å². The van der Waals surface area contributed by atoms with E-state index in [2.05, 4.69) is 166 Å². The van der Waals surface area contributed by atoms with Gasteiger partial charge in [-0.05, 0) is 122 Å². The molecule has 0 unspecified atom stereocenters. The molecule has 0 heterocycles. The summed E-state index contributed by atoms with van der Waals surface area (Å²) in [7, 11) is 0. The zero-order valence-corrected chi connectivity index (χ0v) is 28.8. The van der Waals surface area contributed by atoms with Gasteiger partial charge in [0.05, 0.1) is 5.41 Å². The van der Waals surface area contributed by atoms with Crippen LogP contribution in [0.2, 0.25) is 0 Å². The Bertz CT molecular complexity index is 2440. The van der Waals surface area contributed by atoms with Crippen LogP contribution in [0.15, 0.2) is 152 Å². The van der Waals surface area contributed by atoms with Crippen molar-refractivity contribution in [2.75, 3.05) is 0 Å². The van der Waals surface area contributed by atoms with Crippen molar-refractivity contribution < 1.29 is 0 Å². The van der Waals surface area contributed by atoms with E-state index in [0.717, 1.165) is 24.0 Å². The largest absolute Gasteiger partial charge is 0.0731 e. The van der Waals surface area contributed by atoms with Crippen molar-refractivity contribution in [2.24, 2.45) is 0 Å². The summed E-state index contributed by atoms with van der Waals surface area (Å²) in [4.78, 5) is 0. The minimum atomic E-state index is -0.439. The van der Waals surface area contributed by atoms with Crippen molar-refractivity contribution in [3.05, 3.63) is 202 Å². The van der Waals surface area contributed by atoms with E-state index >= 15 is 0 Å². The summed E-state index contributed by atoms with van der Waals surface area (Å²) in [6.07, 6.45) is 1.89. The SMILES string of the molecule is CCc1c(CC)c(-c2ccc(C)cc2)c2c(c1-c1ccc(C#Cc3ccccc3)cc1)-c1ccccc1C21c2ccccc2-c2ccccc21. The minimum Gasteiger partial charge on any atom is -0.0622 e. The molecule has 0 heteroatoms. The lowest BCUT2D eigenvalue weighted by molar-refractivity contribution is 0.793. The highest BCUT2D eigenvalue weighted by Gasteiger charge is 2.54. The van der Waals surface area contributed by atoms with Crippen molar-refractivity contribution >= 4 is 0 Å². The van der Waals surface area contributed by atoms with Crippen LogP contribution >= 0.6 is 0 Å². The van der Waals surface area contributed by atoms with E-state index in [1.807, 2.05) is 18.2 Å². The Hall–Kier alpha value is -5.90. The van der Waals surface area contributed by atoms with Crippen LogP contribution in [0.4, 0.5) is 0 Å². The molecule has 0 aromatic heterocycles. The quantitative estimate of drug-likeness (QED) is 0.168. The smallest absolute Gasteiger partial charge is 0.0622 e. The summed E-state index contributed by atoms with van der Waals surface area (Å²) in [5, 5.41) is 0. The molecule has 0 N–H and O–H groups in total. The molecule has 0 bridgehead atoms. The van der Waals surface area contributed by atoms with Crippen molar-refractivity contribution in [3.8, 4) is 56.3 Å². The van der Waals surface area contributed by atoms with E-state index in [1.54, 1.807) is 0 Å². The van der Waals surface area contributed by atoms with Crippen molar-refractivity contribution in [1.82, 2.24) is 0 Å². The number of hydrogen-bond acceptors (Lipinski definition) is 0. The fourth-order valence-electron chi connectivity index (χ4n) is 8.98. The van der Waals surface area contributed by atoms with Crippen LogP contribution in [0.3, 0.4) is 0 Å². The molecular weight excluding hydrogens is 601 g/mol. The van der Waals surface area contributed by atoms with Crippen LogP contribution in [0.1, 0.15) is 63.9 Å². The number of benzene rings is 7. The van der Waals surface area contributed by atoms with E-state index in [9.17, 15) is 0 Å². The van der Waals surface area contributed by atoms with Crippen molar-refractivity contribution in [1.29, 1.82) is 0 Å². The second kappa shape index (κ2) is 11.9. The van der Waals surface area contributed by atoms with E-state index < -0.39 is 5.41 Å². The van der Waals surface area contributed by atoms with E-state index in [-0.39, 0.29) is 0 Å². The van der Waals surface area contributed by atoms with Gasteiger partial charge in [0.25, 0.3) is 0 Å². The second-order valence-electron chi connectivity index (χ2n) is 13.6. The molecule has 7 aromatic carbocycles. The first kappa shape index (κ1) is 30.2. The molecule has 238 valence electrons. The average molecular weight is 639 g/mol. The molecule has 0 fully saturated rings. The normalized spacial score (nSPS) is 12.9. The third kappa shape index (κ3) is 4.33.